The fourth-order valence-corrected chi connectivity index (χ4v) is 2.79. The van der Waals surface area contributed by atoms with Crippen LogP contribution in [0.25, 0.3) is 5.69 Å². The van der Waals surface area contributed by atoms with E-state index >= 15 is 0 Å². The fraction of sp³-hybridized carbons (Fsp3) is 0.526. The van der Waals surface area contributed by atoms with Crippen molar-refractivity contribution in [2.75, 3.05) is 0 Å². The molecule has 0 fully saturated rings. The molecule has 0 N–H and O–H groups in total. The molecule has 0 aliphatic carbocycles. The molecule has 2 aromatic rings. The lowest BCUT2D eigenvalue weighted by atomic mass is 10.2. The standard InChI is InChI=1S/C19H29N2/c1-3-5-7-11-15-20-16-17-21(19(20)14-6-4-2)18-12-9-8-10-13-18/h8-10,12-13,16-17H,3-7,11,14-15H2,1-2H3/q+1. The van der Waals surface area contributed by atoms with E-state index in [0.29, 0.717) is 0 Å². The zero-order valence-electron chi connectivity index (χ0n) is 13.6. The summed E-state index contributed by atoms with van der Waals surface area (Å²) in [6.07, 6.45) is 13.4. The minimum Gasteiger partial charge on any atom is -0.234 e. The number of hydrogen-bond donors (Lipinski definition) is 0. The Balaban J connectivity index is 2.15. The minimum absolute atomic E-state index is 1.15. The van der Waals surface area contributed by atoms with Crippen molar-refractivity contribution in [3.05, 3.63) is 48.5 Å². The Hall–Kier alpha value is -1.57. The first-order valence-electron chi connectivity index (χ1n) is 8.52. The van der Waals surface area contributed by atoms with Gasteiger partial charge in [-0.05, 0) is 31.4 Å². The molecule has 0 unspecified atom stereocenters. The Labute approximate surface area is 129 Å². The van der Waals surface area contributed by atoms with Gasteiger partial charge in [0.1, 0.15) is 18.1 Å². The maximum absolute atomic E-state index is 2.46. The van der Waals surface area contributed by atoms with Crippen LogP contribution in [0, 0.1) is 0 Å². The van der Waals surface area contributed by atoms with Crippen LogP contribution in [0.3, 0.4) is 0 Å². The monoisotopic (exact) mass is 285 g/mol. The number of aryl methyl sites for hydroxylation is 1. The summed E-state index contributed by atoms with van der Waals surface area (Å²) in [7, 11) is 0. The zero-order chi connectivity index (χ0) is 14.9. The quantitative estimate of drug-likeness (QED) is 0.467. The van der Waals surface area contributed by atoms with E-state index in [-0.39, 0.29) is 0 Å². The second kappa shape index (κ2) is 8.66. The minimum atomic E-state index is 1.15. The first-order chi connectivity index (χ1) is 10.4. The van der Waals surface area contributed by atoms with E-state index in [4.69, 9.17) is 0 Å². The van der Waals surface area contributed by atoms with Gasteiger partial charge in [0.15, 0.2) is 0 Å². The molecule has 0 saturated heterocycles. The normalized spacial score (nSPS) is 11.0. The van der Waals surface area contributed by atoms with Gasteiger partial charge < -0.3 is 0 Å². The summed E-state index contributed by atoms with van der Waals surface area (Å²) in [6, 6.07) is 10.7. The molecular formula is C19H29N2+. The van der Waals surface area contributed by atoms with Crippen LogP contribution in [-0.4, -0.2) is 4.57 Å². The maximum atomic E-state index is 2.46. The summed E-state index contributed by atoms with van der Waals surface area (Å²) >= 11 is 0. The predicted octanol–water partition coefficient (Wildman–Crippen LogP) is 4.69. The second-order valence-corrected chi connectivity index (χ2v) is 5.78. The summed E-state index contributed by atoms with van der Waals surface area (Å²) in [4.78, 5) is 0. The maximum Gasteiger partial charge on any atom is 0.261 e. The lowest BCUT2D eigenvalue weighted by Gasteiger charge is -2.05. The number of para-hydroxylation sites is 1. The Bertz CT molecular complexity index is 514. The van der Waals surface area contributed by atoms with Gasteiger partial charge in [-0.25, -0.2) is 4.57 Å². The van der Waals surface area contributed by atoms with Crippen molar-refractivity contribution in [3.63, 3.8) is 0 Å². The van der Waals surface area contributed by atoms with E-state index in [1.807, 2.05) is 0 Å². The Kier molecular flexibility index (Phi) is 6.52. The fourth-order valence-electron chi connectivity index (χ4n) is 2.79. The van der Waals surface area contributed by atoms with Crippen LogP contribution >= 0.6 is 0 Å². The van der Waals surface area contributed by atoms with E-state index in [1.165, 1.54) is 50.0 Å². The molecule has 0 atom stereocenters. The number of benzene rings is 1. The van der Waals surface area contributed by atoms with Gasteiger partial charge in [0.25, 0.3) is 5.82 Å². The smallest absolute Gasteiger partial charge is 0.234 e. The van der Waals surface area contributed by atoms with Crippen molar-refractivity contribution in [3.8, 4) is 5.69 Å². The summed E-state index contributed by atoms with van der Waals surface area (Å²) < 4.78 is 4.81. The Morgan fingerprint density at radius 3 is 2.38 bits per heavy atom. The highest BCUT2D eigenvalue weighted by Crippen LogP contribution is 2.12. The van der Waals surface area contributed by atoms with Gasteiger partial charge >= 0.3 is 0 Å². The summed E-state index contributed by atoms with van der Waals surface area (Å²) in [5.74, 6) is 1.44. The lowest BCUT2D eigenvalue weighted by molar-refractivity contribution is -0.704. The van der Waals surface area contributed by atoms with Crippen molar-refractivity contribution in [2.24, 2.45) is 0 Å². The molecule has 0 bridgehead atoms. The summed E-state index contributed by atoms with van der Waals surface area (Å²) in [6.45, 7) is 5.69. The van der Waals surface area contributed by atoms with Crippen LogP contribution in [0.1, 0.15) is 58.2 Å². The lowest BCUT2D eigenvalue weighted by Crippen LogP contribution is -2.37. The van der Waals surface area contributed by atoms with Crippen LogP contribution < -0.4 is 4.57 Å². The zero-order valence-corrected chi connectivity index (χ0v) is 13.6. The average molecular weight is 285 g/mol. The van der Waals surface area contributed by atoms with Gasteiger partial charge in [0.05, 0.1) is 6.54 Å². The van der Waals surface area contributed by atoms with Gasteiger partial charge in [-0.3, -0.25) is 0 Å². The highest BCUT2D eigenvalue weighted by atomic mass is 15.1. The molecule has 2 rings (SSSR count). The molecule has 114 valence electrons. The second-order valence-electron chi connectivity index (χ2n) is 5.78. The highest BCUT2D eigenvalue weighted by molar-refractivity contribution is 5.31. The van der Waals surface area contributed by atoms with Gasteiger partial charge in [-0.15, -0.1) is 0 Å². The third kappa shape index (κ3) is 4.45. The van der Waals surface area contributed by atoms with Crippen LogP contribution in [0.2, 0.25) is 0 Å². The number of imidazole rings is 1. The number of hydrogen-bond acceptors (Lipinski definition) is 0. The van der Waals surface area contributed by atoms with Crippen LogP contribution in [0.4, 0.5) is 0 Å². The Morgan fingerprint density at radius 2 is 1.67 bits per heavy atom. The molecule has 2 nitrogen and oxygen atoms in total. The highest BCUT2D eigenvalue weighted by Gasteiger charge is 2.17. The van der Waals surface area contributed by atoms with Gasteiger partial charge in [-0.2, -0.15) is 4.57 Å². The number of nitrogens with zero attached hydrogens (tertiary/aromatic N) is 2. The third-order valence-corrected chi connectivity index (χ3v) is 4.05. The average Bonchev–Trinajstić information content (AvgIpc) is 2.93. The van der Waals surface area contributed by atoms with Gasteiger partial charge in [-0.1, -0.05) is 51.3 Å². The molecule has 0 radical (unpaired) electrons. The first kappa shape index (κ1) is 15.8. The van der Waals surface area contributed by atoms with Crippen LogP contribution in [0.15, 0.2) is 42.7 Å². The molecule has 1 aromatic carbocycles. The molecule has 1 aromatic heterocycles. The topological polar surface area (TPSA) is 8.81 Å². The van der Waals surface area contributed by atoms with Crippen LogP contribution in [0.5, 0.6) is 0 Å². The number of unbranched alkanes of at least 4 members (excludes halogenated alkanes) is 4. The summed E-state index contributed by atoms with van der Waals surface area (Å²) in [5.41, 5.74) is 1.27. The van der Waals surface area contributed by atoms with E-state index in [2.05, 4.69) is 65.7 Å². The van der Waals surface area contributed by atoms with Crippen molar-refractivity contribution in [1.82, 2.24) is 4.57 Å². The van der Waals surface area contributed by atoms with Gasteiger partial charge in [0.2, 0.25) is 0 Å². The molecule has 0 amide bonds. The van der Waals surface area contributed by atoms with Gasteiger partial charge in [0, 0.05) is 6.42 Å². The van der Waals surface area contributed by atoms with Crippen molar-refractivity contribution < 1.29 is 4.57 Å². The van der Waals surface area contributed by atoms with E-state index in [9.17, 15) is 0 Å². The SMILES string of the molecule is CCCCCC[n+]1ccn(-c2ccccc2)c1CCCC. The molecule has 0 saturated carbocycles. The Morgan fingerprint density at radius 1 is 0.905 bits per heavy atom. The molecular weight excluding hydrogens is 256 g/mol. The number of aromatic nitrogens is 2. The molecule has 2 heteroatoms. The molecule has 0 aliphatic rings. The van der Waals surface area contributed by atoms with E-state index in [1.54, 1.807) is 0 Å². The third-order valence-electron chi connectivity index (χ3n) is 4.05. The predicted molar refractivity (Wildman–Crippen MR) is 88.7 cm³/mol. The molecule has 0 spiro atoms. The van der Waals surface area contributed by atoms with Crippen LogP contribution in [-0.2, 0) is 13.0 Å². The first-order valence-corrected chi connectivity index (χ1v) is 8.52. The van der Waals surface area contributed by atoms with E-state index in [0.717, 1.165) is 13.0 Å². The van der Waals surface area contributed by atoms with Crippen molar-refractivity contribution >= 4 is 0 Å². The summed E-state index contributed by atoms with van der Waals surface area (Å²) in [5, 5.41) is 0. The largest absolute Gasteiger partial charge is 0.261 e. The van der Waals surface area contributed by atoms with Crippen molar-refractivity contribution in [2.45, 2.75) is 65.3 Å². The molecule has 0 aliphatic heterocycles. The molecule has 21 heavy (non-hydrogen) atoms. The number of rotatable bonds is 9. The molecule has 1 heterocycles. The van der Waals surface area contributed by atoms with Crippen molar-refractivity contribution in [1.29, 1.82) is 0 Å². The van der Waals surface area contributed by atoms with E-state index < -0.39 is 0 Å².